The summed E-state index contributed by atoms with van der Waals surface area (Å²) in [4.78, 5) is 23.8. The van der Waals surface area contributed by atoms with E-state index in [1.54, 1.807) is 13.0 Å². The van der Waals surface area contributed by atoms with Gasteiger partial charge in [-0.05, 0) is 30.9 Å². The zero-order valence-electron chi connectivity index (χ0n) is 13.4. The molecule has 7 heteroatoms. The van der Waals surface area contributed by atoms with Gasteiger partial charge in [-0.25, -0.2) is 0 Å². The number of hydrogen-bond donors (Lipinski definition) is 2. The number of nitrogens with one attached hydrogen (secondary N) is 2. The predicted molar refractivity (Wildman–Crippen MR) is 92.8 cm³/mol. The van der Waals surface area contributed by atoms with Crippen LogP contribution in [-0.4, -0.2) is 28.5 Å². The van der Waals surface area contributed by atoms with E-state index in [2.05, 4.69) is 27.9 Å². The first kappa shape index (κ1) is 16.6. The van der Waals surface area contributed by atoms with Gasteiger partial charge in [0.05, 0.1) is 17.5 Å². The Kier molecular flexibility index (Phi) is 5.20. The minimum Gasteiger partial charge on any atom is -0.360 e. The number of rotatable bonds is 6. The molecule has 126 valence electrons. The smallest absolute Gasteiger partial charge is 0.235 e. The van der Waals surface area contributed by atoms with Gasteiger partial charge in [-0.15, -0.1) is 11.8 Å². The summed E-state index contributed by atoms with van der Waals surface area (Å²) in [6, 6.07) is 9.91. The van der Waals surface area contributed by atoms with Gasteiger partial charge in [-0.2, -0.15) is 0 Å². The van der Waals surface area contributed by atoms with Crippen molar-refractivity contribution in [2.24, 2.45) is 0 Å². The molecular weight excluding hydrogens is 326 g/mol. The topological polar surface area (TPSA) is 84.2 Å². The molecule has 0 saturated carbocycles. The van der Waals surface area contributed by atoms with Crippen LogP contribution in [0.3, 0.4) is 0 Å². The molecule has 0 aliphatic heterocycles. The molecule has 3 rings (SSSR count). The summed E-state index contributed by atoms with van der Waals surface area (Å²) in [6.07, 6.45) is 1.93. The van der Waals surface area contributed by atoms with Crippen LogP contribution < -0.4 is 10.6 Å². The van der Waals surface area contributed by atoms with Gasteiger partial charge in [0.1, 0.15) is 5.76 Å². The predicted octanol–water partition coefficient (Wildman–Crippen LogP) is 2.46. The minimum atomic E-state index is -0.202. The molecule has 1 aromatic heterocycles. The number of nitrogens with zero attached hydrogens (tertiary/aromatic N) is 1. The summed E-state index contributed by atoms with van der Waals surface area (Å²) in [6.45, 7) is 1.75. The fourth-order valence-electron chi connectivity index (χ4n) is 2.78. The molecule has 1 aliphatic carbocycles. The van der Waals surface area contributed by atoms with Crippen LogP contribution in [0.4, 0.5) is 5.82 Å². The summed E-state index contributed by atoms with van der Waals surface area (Å²) in [5, 5.41) is 9.36. The molecule has 2 aromatic rings. The van der Waals surface area contributed by atoms with Crippen molar-refractivity contribution in [1.29, 1.82) is 0 Å². The van der Waals surface area contributed by atoms with Crippen molar-refractivity contribution in [3.05, 3.63) is 47.2 Å². The van der Waals surface area contributed by atoms with Gasteiger partial charge in [-0.1, -0.05) is 29.4 Å². The minimum absolute atomic E-state index is 0.0493. The number of thioether (sulfide) groups is 1. The molecule has 0 spiro atoms. The van der Waals surface area contributed by atoms with Gasteiger partial charge in [-0.3, -0.25) is 9.59 Å². The van der Waals surface area contributed by atoms with Gasteiger partial charge in [0.2, 0.25) is 11.8 Å². The zero-order chi connectivity index (χ0) is 16.9. The third-order valence-electron chi connectivity index (χ3n) is 3.83. The first-order chi connectivity index (χ1) is 11.6. The van der Waals surface area contributed by atoms with Crippen LogP contribution in [0.5, 0.6) is 0 Å². The standard InChI is InChI=1S/C17H19N3O3S/c1-11-8-15(20-23-11)19-17(22)10-24-9-16(21)18-14-7-6-12-4-2-3-5-13(12)14/h2-5,8,14H,6-7,9-10H2,1H3,(H,18,21)(H,19,20,22). The van der Waals surface area contributed by atoms with Gasteiger partial charge in [0.15, 0.2) is 5.82 Å². The van der Waals surface area contributed by atoms with E-state index in [1.807, 2.05) is 12.1 Å². The third kappa shape index (κ3) is 4.17. The fourth-order valence-corrected chi connectivity index (χ4v) is 3.41. The van der Waals surface area contributed by atoms with E-state index in [4.69, 9.17) is 4.52 Å². The van der Waals surface area contributed by atoms with E-state index in [0.29, 0.717) is 11.6 Å². The Morgan fingerprint density at radius 1 is 1.29 bits per heavy atom. The van der Waals surface area contributed by atoms with E-state index in [0.717, 1.165) is 12.8 Å². The lowest BCUT2D eigenvalue weighted by Gasteiger charge is -2.13. The second-order valence-corrected chi connectivity index (χ2v) is 6.71. The van der Waals surface area contributed by atoms with Crippen molar-refractivity contribution in [2.75, 3.05) is 16.8 Å². The number of fused-ring (bicyclic) bond motifs is 1. The molecule has 2 N–H and O–H groups in total. The second-order valence-electron chi connectivity index (χ2n) is 5.72. The summed E-state index contributed by atoms with van der Waals surface area (Å²) in [7, 11) is 0. The quantitative estimate of drug-likeness (QED) is 0.840. The molecule has 0 saturated heterocycles. The maximum absolute atomic E-state index is 12.1. The first-order valence-corrected chi connectivity index (χ1v) is 8.95. The van der Waals surface area contributed by atoms with Crippen molar-refractivity contribution in [3.8, 4) is 0 Å². The van der Waals surface area contributed by atoms with Crippen LogP contribution in [0.1, 0.15) is 29.3 Å². The molecule has 1 heterocycles. The highest BCUT2D eigenvalue weighted by Crippen LogP contribution is 2.30. The van der Waals surface area contributed by atoms with Crippen LogP contribution >= 0.6 is 11.8 Å². The van der Waals surface area contributed by atoms with E-state index in [9.17, 15) is 9.59 Å². The van der Waals surface area contributed by atoms with Crippen LogP contribution in [0.25, 0.3) is 0 Å². The molecule has 24 heavy (non-hydrogen) atoms. The number of amides is 2. The third-order valence-corrected chi connectivity index (χ3v) is 4.76. The summed E-state index contributed by atoms with van der Waals surface area (Å²) < 4.78 is 4.88. The number of anilines is 1. The number of carbonyl (C=O) groups excluding carboxylic acids is 2. The molecule has 6 nitrogen and oxygen atoms in total. The van der Waals surface area contributed by atoms with Crippen molar-refractivity contribution in [2.45, 2.75) is 25.8 Å². The monoisotopic (exact) mass is 345 g/mol. The zero-order valence-corrected chi connectivity index (χ0v) is 14.2. The Morgan fingerprint density at radius 2 is 2.08 bits per heavy atom. The molecule has 1 unspecified atom stereocenters. The highest BCUT2D eigenvalue weighted by molar-refractivity contribution is 8.00. The highest BCUT2D eigenvalue weighted by Gasteiger charge is 2.23. The Labute approximate surface area is 144 Å². The lowest BCUT2D eigenvalue weighted by molar-refractivity contribution is -0.119. The van der Waals surface area contributed by atoms with Crippen LogP contribution in [-0.2, 0) is 16.0 Å². The van der Waals surface area contributed by atoms with Crippen LogP contribution in [0, 0.1) is 6.92 Å². The number of carbonyl (C=O) groups is 2. The number of aromatic nitrogens is 1. The van der Waals surface area contributed by atoms with Crippen molar-refractivity contribution < 1.29 is 14.1 Å². The highest BCUT2D eigenvalue weighted by atomic mass is 32.2. The van der Waals surface area contributed by atoms with Crippen molar-refractivity contribution >= 4 is 29.4 Å². The van der Waals surface area contributed by atoms with Crippen LogP contribution in [0.15, 0.2) is 34.9 Å². The van der Waals surface area contributed by atoms with Crippen molar-refractivity contribution in [1.82, 2.24) is 10.5 Å². The molecule has 0 fully saturated rings. The Hall–Kier alpha value is -2.28. The van der Waals surface area contributed by atoms with Gasteiger partial charge < -0.3 is 15.2 Å². The maximum atomic E-state index is 12.1. The molecule has 1 aliphatic rings. The summed E-state index contributed by atoms with van der Waals surface area (Å²) >= 11 is 1.28. The van der Waals surface area contributed by atoms with E-state index in [-0.39, 0.29) is 29.4 Å². The Bertz CT molecular complexity index is 744. The lowest BCUT2D eigenvalue weighted by atomic mass is 10.1. The lowest BCUT2D eigenvalue weighted by Crippen LogP contribution is -2.29. The fraction of sp³-hybridized carbons (Fsp3) is 0.353. The average molecular weight is 345 g/mol. The molecule has 0 radical (unpaired) electrons. The van der Waals surface area contributed by atoms with Gasteiger partial charge >= 0.3 is 0 Å². The van der Waals surface area contributed by atoms with E-state index in [1.165, 1.54) is 22.9 Å². The van der Waals surface area contributed by atoms with Crippen molar-refractivity contribution in [3.63, 3.8) is 0 Å². The Balaban J connectivity index is 1.39. The van der Waals surface area contributed by atoms with Gasteiger partial charge in [0.25, 0.3) is 0 Å². The van der Waals surface area contributed by atoms with Gasteiger partial charge in [0, 0.05) is 6.07 Å². The second kappa shape index (κ2) is 7.53. The molecular formula is C17H19N3O3S. The summed E-state index contributed by atoms with van der Waals surface area (Å²) in [5.74, 6) is 1.23. The molecule has 0 bridgehead atoms. The molecule has 1 atom stereocenters. The maximum Gasteiger partial charge on any atom is 0.235 e. The molecule has 2 amide bonds. The summed E-state index contributed by atoms with van der Waals surface area (Å²) in [5.41, 5.74) is 2.51. The first-order valence-electron chi connectivity index (χ1n) is 7.80. The largest absolute Gasteiger partial charge is 0.360 e. The average Bonchev–Trinajstić information content (AvgIpc) is 3.14. The number of aryl methyl sites for hydroxylation is 2. The number of benzene rings is 1. The SMILES string of the molecule is Cc1cc(NC(=O)CSCC(=O)NC2CCc3ccccc32)no1. The molecule has 1 aromatic carbocycles. The Morgan fingerprint density at radius 3 is 2.88 bits per heavy atom. The van der Waals surface area contributed by atoms with Crippen LogP contribution in [0.2, 0.25) is 0 Å². The van der Waals surface area contributed by atoms with E-state index < -0.39 is 0 Å². The van der Waals surface area contributed by atoms with E-state index >= 15 is 0 Å². The number of hydrogen-bond acceptors (Lipinski definition) is 5. The normalized spacial score (nSPS) is 15.8.